The van der Waals surface area contributed by atoms with Gasteiger partial charge in [0.15, 0.2) is 0 Å². The second kappa shape index (κ2) is 5.29. The van der Waals surface area contributed by atoms with Crippen molar-refractivity contribution in [3.8, 4) is 11.8 Å². The molecular weight excluding hydrogens is 158 g/mol. The summed E-state index contributed by atoms with van der Waals surface area (Å²) in [7, 11) is 0. The highest BCUT2D eigenvalue weighted by molar-refractivity contribution is 4.98. The van der Waals surface area contributed by atoms with Crippen molar-refractivity contribution in [2.45, 2.75) is 46.1 Å². The SMILES string of the molecule is CC#CCNC1CCC(C)C(C)C1. The summed E-state index contributed by atoms with van der Waals surface area (Å²) in [5, 5.41) is 3.50. The van der Waals surface area contributed by atoms with Gasteiger partial charge < -0.3 is 5.32 Å². The molecule has 1 aliphatic carbocycles. The third-order valence-electron chi connectivity index (χ3n) is 3.25. The Labute approximate surface area is 82.3 Å². The van der Waals surface area contributed by atoms with Crippen LogP contribution in [0.15, 0.2) is 0 Å². The summed E-state index contributed by atoms with van der Waals surface area (Å²) in [5.74, 6) is 7.76. The van der Waals surface area contributed by atoms with Crippen LogP contribution in [-0.2, 0) is 0 Å². The second-order valence-corrected chi connectivity index (χ2v) is 4.27. The van der Waals surface area contributed by atoms with E-state index < -0.39 is 0 Å². The average Bonchev–Trinajstić information content (AvgIpc) is 2.12. The number of hydrogen-bond donors (Lipinski definition) is 1. The zero-order chi connectivity index (χ0) is 9.68. The number of hydrogen-bond acceptors (Lipinski definition) is 1. The van der Waals surface area contributed by atoms with Crippen LogP contribution in [0.2, 0.25) is 0 Å². The fourth-order valence-electron chi connectivity index (χ4n) is 2.02. The lowest BCUT2D eigenvalue weighted by molar-refractivity contribution is 0.230. The first kappa shape index (κ1) is 10.6. The smallest absolute Gasteiger partial charge is 0.0578 e. The first-order chi connectivity index (χ1) is 6.24. The lowest BCUT2D eigenvalue weighted by Crippen LogP contribution is -2.36. The van der Waals surface area contributed by atoms with Crippen molar-refractivity contribution in [2.24, 2.45) is 11.8 Å². The summed E-state index contributed by atoms with van der Waals surface area (Å²) in [4.78, 5) is 0. The predicted molar refractivity (Wildman–Crippen MR) is 57.4 cm³/mol. The summed E-state index contributed by atoms with van der Waals surface area (Å²) < 4.78 is 0. The van der Waals surface area contributed by atoms with Crippen LogP contribution < -0.4 is 5.32 Å². The molecule has 0 radical (unpaired) electrons. The fraction of sp³-hybridized carbons (Fsp3) is 0.833. The Morgan fingerprint density at radius 3 is 2.62 bits per heavy atom. The summed E-state index contributed by atoms with van der Waals surface area (Å²) >= 11 is 0. The van der Waals surface area contributed by atoms with Gasteiger partial charge in [0, 0.05) is 6.04 Å². The van der Waals surface area contributed by atoms with Crippen LogP contribution in [0.4, 0.5) is 0 Å². The van der Waals surface area contributed by atoms with E-state index in [0.717, 1.165) is 18.4 Å². The van der Waals surface area contributed by atoms with Crippen LogP contribution in [0.3, 0.4) is 0 Å². The van der Waals surface area contributed by atoms with E-state index in [-0.39, 0.29) is 0 Å². The van der Waals surface area contributed by atoms with Gasteiger partial charge in [0.2, 0.25) is 0 Å². The Kier molecular flexibility index (Phi) is 4.32. The maximum Gasteiger partial charge on any atom is 0.0578 e. The zero-order valence-corrected chi connectivity index (χ0v) is 9.06. The molecular formula is C12H21N. The van der Waals surface area contributed by atoms with Crippen LogP contribution >= 0.6 is 0 Å². The highest BCUT2D eigenvalue weighted by atomic mass is 14.9. The molecule has 1 fully saturated rings. The van der Waals surface area contributed by atoms with E-state index in [2.05, 4.69) is 31.0 Å². The molecule has 0 heterocycles. The monoisotopic (exact) mass is 179 g/mol. The Bertz CT molecular complexity index is 199. The Balaban J connectivity index is 2.24. The molecule has 1 aliphatic rings. The molecule has 1 heteroatoms. The van der Waals surface area contributed by atoms with E-state index >= 15 is 0 Å². The van der Waals surface area contributed by atoms with Gasteiger partial charge in [-0.1, -0.05) is 19.8 Å². The van der Waals surface area contributed by atoms with E-state index in [1.54, 1.807) is 0 Å². The predicted octanol–water partition coefficient (Wildman–Crippen LogP) is 2.42. The lowest BCUT2D eigenvalue weighted by Gasteiger charge is -2.32. The number of nitrogens with one attached hydrogen (secondary N) is 1. The highest BCUT2D eigenvalue weighted by Crippen LogP contribution is 2.28. The molecule has 0 aromatic rings. The quantitative estimate of drug-likeness (QED) is 0.642. The van der Waals surface area contributed by atoms with Crippen molar-refractivity contribution < 1.29 is 0 Å². The van der Waals surface area contributed by atoms with Crippen molar-refractivity contribution in [3.05, 3.63) is 0 Å². The third-order valence-corrected chi connectivity index (χ3v) is 3.25. The molecule has 0 aromatic carbocycles. The third kappa shape index (κ3) is 3.40. The summed E-state index contributed by atoms with van der Waals surface area (Å²) in [6, 6.07) is 0.715. The van der Waals surface area contributed by atoms with Crippen LogP contribution in [-0.4, -0.2) is 12.6 Å². The van der Waals surface area contributed by atoms with Gasteiger partial charge in [-0.25, -0.2) is 0 Å². The Morgan fingerprint density at radius 2 is 2.00 bits per heavy atom. The van der Waals surface area contributed by atoms with Crippen LogP contribution in [0, 0.1) is 23.7 Å². The van der Waals surface area contributed by atoms with Gasteiger partial charge >= 0.3 is 0 Å². The van der Waals surface area contributed by atoms with Crippen molar-refractivity contribution >= 4 is 0 Å². The van der Waals surface area contributed by atoms with Crippen molar-refractivity contribution in [2.75, 3.05) is 6.54 Å². The maximum atomic E-state index is 3.50. The van der Waals surface area contributed by atoms with Crippen LogP contribution in [0.5, 0.6) is 0 Å². The first-order valence-corrected chi connectivity index (χ1v) is 5.37. The minimum Gasteiger partial charge on any atom is -0.303 e. The van der Waals surface area contributed by atoms with Gasteiger partial charge in [0.1, 0.15) is 0 Å². The molecule has 3 atom stereocenters. The largest absolute Gasteiger partial charge is 0.303 e. The molecule has 13 heavy (non-hydrogen) atoms. The van der Waals surface area contributed by atoms with E-state index in [9.17, 15) is 0 Å². The van der Waals surface area contributed by atoms with E-state index in [4.69, 9.17) is 0 Å². The Hall–Kier alpha value is -0.480. The second-order valence-electron chi connectivity index (χ2n) is 4.27. The van der Waals surface area contributed by atoms with Crippen LogP contribution in [0.25, 0.3) is 0 Å². The van der Waals surface area contributed by atoms with Gasteiger partial charge in [0.25, 0.3) is 0 Å². The molecule has 3 unspecified atom stereocenters. The lowest BCUT2D eigenvalue weighted by atomic mass is 9.79. The topological polar surface area (TPSA) is 12.0 Å². The maximum absolute atomic E-state index is 3.50. The van der Waals surface area contributed by atoms with Gasteiger partial charge in [0.05, 0.1) is 6.54 Å². The molecule has 0 amide bonds. The molecule has 1 saturated carbocycles. The molecule has 1 nitrogen and oxygen atoms in total. The Morgan fingerprint density at radius 1 is 1.23 bits per heavy atom. The van der Waals surface area contributed by atoms with Crippen LogP contribution in [0.1, 0.15) is 40.0 Å². The van der Waals surface area contributed by atoms with Gasteiger partial charge in [-0.15, -0.1) is 5.92 Å². The molecule has 0 saturated heterocycles. The molecule has 1 N–H and O–H groups in total. The van der Waals surface area contributed by atoms with Gasteiger partial charge in [-0.05, 0) is 38.0 Å². The van der Waals surface area contributed by atoms with Crippen molar-refractivity contribution in [1.82, 2.24) is 5.32 Å². The van der Waals surface area contributed by atoms with E-state index in [1.807, 2.05) is 6.92 Å². The average molecular weight is 179 g/mol. The van der Waals surface area contributed by atoms with E-state index in [0.29, 0.717) is 6.04 Å². The minimum atomic E-state index is 0.715. The highest BCUT2D eigenvalue weighted by Gasteiger charge is 2.23. The molecule has 0 aromatic heterocycles. The summed E-state index contributed by atoms with van der Waals surface area (Å²) in [5.41, 5.74) is 0. The van der Waals surface area contributed by atoms with Crippen molar-refractivity contribution in [3.63, 3.8) is 0 Å². The fourth-order valence-corrected chi connectivity index (χ4v) is 2.02. The van der Waals surface area contributed by atoms with Gasteiger partial charge in [-0.2, -0.15) is 0 Å². The molecule has 0 spiro atoms. The minimum absolute atomic E-state index is 0.715. The number of rotatable bonds is 2. The van der Waals surface area contributed by atoms with Gasteiger partial charge in [-0.3, -0.25) is 0 Å². The zero-order valence-electron chi connectivity index (χ0n) is 9.06. The molecule has 0 aliphatic heterocycles. The summed E-state index contributed by atoms with van der Waals surface area (Å²) in [6.07, 6.45) is 4.03. The summed E-state index contributed by atoms with van der Waals surface area (Å²) in [6.45, 7) is 7.49. The van der Waals surface area contributed by atoms with E-state index in [1.165, 1.54) is 19.3 Å². The normalized spacial score (nSPS) is 33.6. The standard InChI is InChI=1S/C12H21N/c1-4-5-8-13-12-7-6-10(2)11(3)9-12/h10-13H,6-9H2,1-3H3. The molecule has 1 rings (SSSR count). The molecule has 74 valence electrons. The van der Waals surface area contributed by atoms with Crippen molar-refractivity contribution in [1.29, 1.82) is 0 Å². The molecule has 0 bridgehead atoms. The first-order valence-electron chi connectivity index (χ1n) is 5.37.